The molecular weight excluding hydrogens is 556 g/mol. The molecule has 3 N–H and O–H groups in total. The van der Waals surface area contributed by atoms with Crippen LogP contribution < -0.4 is 10.6 Å². The van der Waals surface area contributed by atoms with Crippen molar-refractivity contribution in [2.24, 2.45) is 50.7 Å². The summed E-state index contributed by atoms with van der Waals surface area (Å²) in [6.45, 7) is 18.1. The Bertz CT molecular complexity index is 1330. The lowest BCUT2D eigenvalue weighted by molar-refractivity contribution is -0.228. The second-order valence-corrected chi connectivity index (χ2v) is 17.6. The normalized spacial score (nSPS) is 40.3. The van der Waals surface area contributed by atoms with Gasteiger partial charge in [-0.05, 0) is 126 Å². The highest BCUT2D eigenvalue weighted by Crippen LogP contribution is 2.77. The fourth-order valence-electron chi connectivity index (χ4n) is 12.5. The Kier molecular flexibility index (Phi) is 8.40. The third-order valence-corrected chi connectivity index (χ3v) is 15.0. The van der Waals surface area contributed by atoms with Crippen LogP contribution in [-0.4, -0.2) is 29.6 Å². The van der Waals surface area contributed by atoms with Crippen molar-refractivity contribution >= 4 is 11.8 Å². The first-order chi connectivity index (χ1) is 21.2. The molecular formula is C40H60N2O3. The summed E-state index contributed by atoms with van der Waals surface area (Å²) in [5.41, 5.74) is 4.35. The maximum absolute atomic E-state index is 13.9. The standard InChI is InChI=1S/C40H60N2O3/c1-26(2)33-29(43)24-40(18-11-23-41-35(45)42-25-27-12-9-8-10-13-27)22-21-38(6)28(34(33)40)14-15-31-37(5)19-17-32(44)36(3,4)30(37)16-20-39(31,38)7/h8-10,12-13,26,28,30-32,44H,11,14-25H2,1-7H3,(H2,41,42,45)/t28?,30-,31+,32-,37-,38+,39+,40-/m0/s1. The molecule has 0 radical (unpaired) electrons. The molecule has 1 aromatic carbocycles. The minimum atomic E-state index is -0.199. The summed E-state index contributed by atoms with van der Waals surface area (Å²) in [6, 6.07) is 9.88. The van der Waals surface area contributed by atoms with Crippen molar-refractivity contribution in [3.63, 3.8) is 0 Å². The highest BCUT2D eigenvalue weighted by molar-refractivity contribution is 6.00. The molecule has 5 aliphatic carbocycles. The Morgan fingerprint density at radius 3 is 2.33 bits per heavy atom. The second-order valence-electron chi connectivity index (χ2n) is 17.6. The number of fused-ring (bicyclic) bond motifs is 7. The third-order valence-electron chi connectivity index (χ3n) is 15.0. The SMILES string of the molecule is CC(C)C1=C2C3CC[C@@H]4[C@@]5(C)CC[C@H](O)C(C)(C)[C@@H]5CC[C@@]4(C)[C@]3(C)CC[C@@]2(CCCNC(=O)NCc2ccccc2)CC1=O. The van der Waals surface area contributed by atoms with Crippen LogP contribution in [0.1, 0.15) is 125 Å². The monoisotopic (exact) mass is 616 g/mol. The lowest BCUT2D eigenvalue weighted by Crippen LogP contribution is -2.65. The molecule has 0 aromatic heterocycles. The molecule has 4 fully saturated rings. The van der Waals surface area contributed by atoms with Crippen LogP contribution in [0.15, 0.2) is 41.5 Å². The molecule has 248 valence electrons. The number of aliphatic hydroxyl groups is 1. The highest BCUT2D eigenvalue weighted by Gasteiger charge is 2.69. The minimum absolute atomic E-state index is 0.0362. The summed E-state index contributed by atoms with van der Waals surface area (Å²) in [7, 11) is 0. The minimum Gasteiger partial charge on any atom is -0.393 e. The van der Waals surface area contributed by atoms with E-state index in [1.54, 1.807) is 0 Å². The largest absolute Gasteiger partial charge is 0.393 e. The van der Waals surface area contributed by atoms with Gasteiger partial charge in [-0.15, -0.1) is 0 Å². The number of Topliss-reactive ketones (excluding diaryl/α,β-unsaturated/α-hetero) is 1. The molecule has 4 saturated carbocycles. The molecule has 1 aromatic rings. The van der Waals surface area contributed by atoms with Crippen LogP contribution >= 0.6 is 0 Å². The van der Waals surface area contributed by atoms with Gasteiger partial charge >= 0.3 is 6.03 Å². The van der Waals surface area contributed by atoms with Crippen molar-refractivity contribution in [1.29, 1.82) is 0 Å². The molecule has 0 spiro atoms. The van der Waals surface area contributed by atoms with Gasteiger partial charge in [-0.25, -0.2) is 4.79 Å². The van der Waals surface area contributed by atoms with Crippen LogP contribution in [0, 0.1) is 50.7 Å². The van der Waals surface area contributed by atoms with Crippen molar-refractivity contribution < 1.29 is 14.7 Å². The number of carbonyl (C=O) groups excluding carboxylic acids is 2. The number of allylic oxidation sites excluding steroid dienone is 2. The number of aliphatic hydroxyl groups excluding tert-OH is 1. The first-order valence-corrected chi connectivity index (χ1v) is 18.2. The highest BCUT2D eigenvalue weighted by atomic mass is 16.3. The number of rotatable bonds is 7. The van der Waals surface area contributed by atoms with Crippen molar-refractivity contribution in [1.82, 2.24) is 10.6 Å². The molecule has 2 amide bonds. The Labute approximate surface area is 272 Å². The molecule has 6 rings (SSSR count). The van der Waals surface area contributed by atoms with E-state index in [2.05, 4.69) is 59.1 Å². The average molecular weight is 617 g/mol. The number of carbonyl (C=O) groups is 2. The predicted octanol–water partition coefficient (Wildman–Crippen LogP) is 8.61. The van der Waals surface area contributed by atoms with Gasteiger partial charge in [-0.3, -0.25) is 4.79 Å². The van der Waals surface area contributed by atoms with Crippen molar-refractivity contribution in [3.05, 3.63) is 47.0 Å². The van der Waals surface area contributed by atoms with Gasteiger partial charge in [0.1, 0.15) is 0 Å². The molecule has 8 atom stereocenters. The quantitative estimate of drug-likeness (QED) is 0.269. The van der Waals surface area contributed by atoms with Crippen LogP contribution in [0.4, 0.5) is 4.79 Å². The maximum Gasteiger partial charge on any atom is 0.315 e. The molecule has 5 heteroatoms. The topological polar surface area (TPSA) is 78.4 Å². The van der Waals surface area contributed by atoms with Gasteiger partial charge in [0.2, 0.25) is 0 Å². The van der Waals surface area contributed by atoms with E-state index in [1.165, 1.54) is 37.7 Å². The first kappa shape index (κ1) is 32.8. The molecule has 0 heterocycles. The van der Waals surface area contributed by atoms with E-state index in [1.807, 2.05) is 30.3 Å². The lowest BCUT2D eigenvalue weighted by atomic mass is 9.33. The third kappa shape index (κ3) is 5.04. The van der Waals surface area contributed by atoms with E-state index >= 15 is 0 Å². The van der Waals surface area contributed by atoms with Gasteiger partial charge in [0.25, 0.3) is 0 Å². The van der Waals surface area contributed by atoms with E-state index in [4.69, 9.17) is 0 Å². The number of benzene rings is 1. The number of ketones is 1. The summed E-state index contributed by atoms with van der Waals surface area (Å²) in [5, 5.41) is 17.1. The first-order valence-electron chi connectivity index (χ1n) is 18.2. The van der Waals surface area contributed by atoms with Crippen LogP contribution in [0.3, 0.4) is 0 Å². The van der Waals surface area contributed by atoms with Gasteiger partial charge in [0.15, 0.2) is 5.78 Å². The number of urea groups is 1. The van der Waals surface area contributed by atoms with E-state index in [0.717, 1.165) is 43.2 Å². The van der Waals surface area contributed by atoms with Crippen molar-refractivity contribution in [3.8, 4) is 0 Å². The Hall–Kier alpha value is -2.14. The second kappa shape index (κ2) is 11.5. The Balaban J connectivity index is 1.21. The summed E-state index contributed by atoms with van der Waals surface area (Å²) < 4.78 is 0. The molecule has 0 aliphatic heterocycles. The van der Waals surface area contributed by atoms with E-state index in [-0.39, 0.29) is 45.1 Å². The molecule has 0 saturated heterocycles. The van der Waals surface area contributed by atoms with Gasteiger partial charge in [-0.2, -0.15) is 0 Å². The maximum atomic E-state index is 13.9. The zero-order valence-electron chi connectivity index (χ0n) is 29.2. The summed E-state index contributed by atoms with van der Waals surface area (Å²) in [5.74, 6) is 2.32. The van der Waals surface area contributed by atoms with Gasteiger partial charge in [-0.1, -0.05) is 84.4 Å². The Morgan fingerprint density at radius 2 is 1.62 bits per heavy atom. The number of hydrogen-bond donors (Lipinski definition) is 3. The number of nitrogens with one attached hydrogen (secondary N) is 2. The van der Waals surface area contributed by atoms with Crippen LogP contribution in [-0.2, 0) is 11.3 Å². The number of hydrogen-bond acceptors (Lipinski definition) is 3. The smallest absolute Gasteiger partial charge is 0.315 e. The fraction of sp³-hybridized carbons (Fsp3) is 0.750. The van der Waals surface area contributed by atoms with Gasteiger partial charge in [0.05, 0.1) is 6.10 Å². The predicted molar refractivity (Wildman–Crippen MR) is 181 cm³/mol. The van der Waals surface area contributed by atoms with E-state index in [9.17, 15) is 14.7 Å². The molecule has 5 aliphatic rings. The molecule has 5 nitrogen and oxygen atoms in total. The zero-order chi connectivity index (χ0) is 32.4. The number of amides is 2. The van der Waals surface area contributed by atoms with Gasteiger partial charge < -0.3 is 15.7 Å². The van der Waals surface area contributed by atoms with Crippen LogP contribution in [0.2, 0.25) is 0 Å². The lowest BCUT2D eigenvalue weighted by Gasteiger charge is -2.72. The summed E-state index contributed by atoms with van der Waals surface area (Å²) in [6.07, 6.45) is 11.5. The summed E-state index contributed by atoms with van der Waals surface area (Å²) in [4.78, 5) is 26.4. The van der Waals surface area contributed by atoms with Gasteiger partial charge in [0, 0.05) is 19.5 Å². The molecule has 45 heavy (non-hydrogen) atoms. The average Bonchev–Trinajstić information content (AvgIpc) is 3.29. The van der Waals surface area contributed by atoms with E-state index < -0.39 is 0 Å². The van der Waals surface area contributed by atoms with Crippen molar-refractivity contribution in [2.45, 2.75) is 132 Å². The molecule has 0 bridgehead atoms. The van der Waals surface area contributed by atoms with Crippen molar-refractivity contribution in [2.75, 3.05) is 6.54 Å². The zero-order valence-corrected chi connectivity index (χ0v) is 29.2. The Morgan fingerprint density at radius 1 is 0.889 bits per heavy atom. The fourth-order valence-corrected chi connectivity index (χ4v) is 12.5. The molecule has 1 unspecified atom stereocenters. The van der Waals surface area contributed by atoms with Crippen LogP contribution in [0.5, 0.6) is 0 Å². The van der Waals surface area contributed by atoms with E-state index in [0.29, 0.717) is 43.0 Å². The van der Waals surface area contributed by atoms with Crippen LogP contribution in [0.25, 0.3) is 0 Å². The summed E-state index contributed by atoms with van der Waals surface area (Å²) >= 11 is 0.